The molecule has 2 amide bonds. The highest BCUT2D eigenvalue weighted by Gasteiger charge is 2.07. The smallest absolute Gasteiger partial charge is 0.335 e. The van der Waals surface area contributed by atoms with Gasteiger partial charge in [-0.2, -0.15) is 0 Å². The summed E-state index contributed by atoms with van der Waals surface area (Å²) < 4.78 is 0. The molecular formula is C11H15ClN4O3. The lowest BCUT2D eigenvalue weighted by Gasteiger charge is -2.12. The molecule has 1 aromatic heterocycles. The molecule has 7 nitrogen and oxygen atoms in total. The summed E-state index contributed by atoms with van der Waals surface area (Å²) in [5, 5.41) is 14.5. The Hall–Kier alpha value is -2.02. The summed E-state index contributed by atoms with van der Waals surface area (Å²) >= 11 is 5.71. The normalized spacial score (nSPS) is 9.84. The summed E-state index contributed by atoms with van der Waals surface area (Å²) in [4.78, 5) is 27.4. The molecule has 0 aliphatic heterocycles. The average Bonchev–Trinajstić information content (AvgIpc) is 2.33. The average molecular weight is 287 g/mol. The number of urea groups is 1. The van der Waals surface area contributed by atoms with E-state index in [9.17, 15) is 9.59 Å². The lowest BCUT2D eigenvalue weighted by Crippen LogP contribution is -2.37. The Morgan fingerprint density at radius 3 is 2.63 bits per heavy atom. The summed E-state index contributed by atoms with van der Waals surface area (Å²) in [6.07, 6.45) is 0. The lowest BCUT2D eigenvalue weighted by atomic mass is 10.2. The maximum Gasteiger partial charge on any atom is 0.335 e. The molecule has 1 heterocycles. The van der Waals surface area contributed by atoms with Crippen LogP contribution in [0.2, 0.25) is 5.15 Å². The van der Waals surface area contributed by atoms with E-state index in [2.05, 4.69) is 15.6 Å². The van der Waals surface area contributed by atoms with E-state index in [0.29, 0.717) is 18.9 Å². The molecular weight excluding hydrogens is 272 g/mol. The zero-order chi connectivity index (χ0) is 14.4. The molecule has 1 rings (SSSR count). The van der Waals surface area contributed by atoms with Crippen molar-refractivity contribution in [2.24, 2.45) is 0 Å². The number of nitrogens with one attached hydrogen (secondary N) is 2. The summed E-state index contributed by atoms with van der Waals surface area (Å²) in [6.45, 7) is 0.791. The number of hydrogen-bond donors (Lipinski definition) is 3. The number of carbonyl (C=O) groups excluding carboxylic acids is 1. The Morgan fingerprint density at radius 2 is 2.05 bits per heavy atom. The van der Waals surface area contributed by atoms with E-state index in [1.807, 2.05) is 0 Å². The first-order chi connectivity index (χ1) is 8.90. The molecule has 8 heteroatoms. The number of aromatic nitrogens is 1. The second-order valence-corrected chi connectivity index (χ2v) is 4.31. The Labute approximate surface area is 115 Å². The van der Waals surface area contributed by atoms with Crippen LogP contribution in [-0.4, -0.2) is 54.2 Å². The molecule has 19 heavy (non-hydrogen) atoms. The van der Waals surface area contributed by atoms with Gasteiger partial charge in [-0.25, -0.2) is 14.6 Å². The van der Waals surface area contributed by atoms with Crippen molar-refractivity contribution < 1.29 is 14.7 Å². The van der Waals surface area contributed by atoms with Crippen LogP contribution in [0.5, 0.6) is 0 Å². The van der Waals surface area contributed by atoms with Gasteiger partial charge in [-0.05, 0) is 12.1 Å². The van der Waals surface area contributed by atoms with Crippen LogP contribution in [0, 0.1) is 0 Å². The quantitative estimate of drug-likeness (QED) is 0.557. The molecule has 3 N–H and O–H groups in total. The highest BCUT2D eigenvalue weighted by atomic mass is 35.5. The molecule has 0 aliphatic carbocycles. The van der Waals surface area contributed by atoms with E-state index in [4.69, 9.17) is 16.7 Å². The number of carboxylic acid groups (broad SMARTS) is 1. The largest absolute Gasteiger partial charge is 0.478 e. The predicted molar refractivity (Wildman–Crippen MR) is 71.8 cm³/mol. The molecule has 0 aliphatic rings. The lowest BCUT2D eigenvalue weighted by molar-refractivity contribution is 0.0696. The number of carboxylic acids is 1. The van der Waals surface area contributed by atoms with Crippen molar-refractivity contribution in [1.29, 1.82) is 0 Å². The van der Waals surface area contributed by atoms with Gasteiger partial charge >= 0.3 is 12.0 Å². The first-order valence-electron chi connectivity index (χ1n) is 5.50. The molecule has 1 aromatic rings. The molecule has 0 aromatic carbocycles. The summed E-state index contributed by atoms with van der Waals surface area (Å²) in [6, 6.07) is 2.44. The maximum absolute atomic E-state index is 11.2. The van der Waals surface area contributed by atoms with Gasteiger partial charge < -0.3 is 20.6 Å². The predicted octanol–water partition coefficient (Wildman–Crippen LogP) is 1.12. The fraction of sp³-hybridized carbons (Fsp3) is 0.364. The van der Waals surface area contributed by atoms with Crippen LogP contribution in [0.4, 0.5) is 10.6 Å². The number of halogens is 1. The molecule has 0 saturated heterocycles. The molecule has 0 fully saturated rings. The van der Waals surface area contributed by atoms with Gasteiger partial charge in [0, 0.05) is 27.2 Å². The van der Waals surface area contributed by atoms with Crippen LogP contribution in [0.1, 0.15) is 10.4 Å². The van der Waals surface area contributed by atoms with Crippen LogP contribution < -0.4 is 10.6 Å². The fourth-order valence-electron chi connectivity index (χ4n) is 1.23. The van der Waals surface area contributed by atoms with Gasteiger partial charge in [0.05, 0.1) is 5.56 Å². The molecule has 0 saturated carbocycles. The Morgan fingerprint density at radius 1 is 1.37 bits per heavy atom. The van der Waals surface area contributed by atoms with Gasteiger partial charge in [0.2, 0.25) is 0 Å². The van der Waals surface area contributed by atoms with E-state index < -0.39 is 5.97 Å². The molecule has 0 atom stereocenters. The number of rotatable bonds is 5. The Bertz CT molecular complexity index is 479. The van der Waals surface area contributed by atoms with Crippen molar-refractivity contribution in [3.8, 4) is 0 Å². The third kappa shape index (κ3) is 5.01. The third-order valence-electron chi connectivity index (χ3n) is 2.15. The van der Waals surface area contributed by atoms with E-state index >= 15 is 0 Å². The number of nitrogens with zero attached hydrogens (tertiary/aromatic N) is 2. The number of hydrogen-bond acceptors (Lipinski definition) is 4. The number of aromatic carboxylic acids is 1. The van der Waals surface area contributed by atoms with Crippen LogP contribution in [-0.2, 0) is 0 Å². The van der Waals surface area contributed by atoms with Crippen LogP contribution in [0.3, 0.4) is 0 Å². The minimum Gasteiger partial charge on any atom is -0.478 e. The molecule has 0 unspecified atom stereocenters. The van der Waals surface area contributed by atoms with Gasteiger partial charge in [-0.1, -0.05) is 11.6 Å². The number of carbonyl (C=O) groups is 2. The molecule has 0 spiro atoms. The van der Waals surface area contributed by atoms with Gasteiger partial charge in [0.25, 0.3) is 0 Å². The van der Waals surface area contributed by atoms with Crippen molar-refractivity contribution in [1.82, 2.24) is 15.2 Å². The first-order valence-corrected chi connectivity index (χ1v) is 5.88. The Balaban J connectivity index is 2.49. The standard InChI is InChI=1S/C11H15ClN4O3/c1-16(2)11(19)14-4-3-13-9-6-7(10(17)18)5-8(12)15-9/h5-6H,3-4H2,1-2H3,(H,13,15)(H,14,19)(H,17,18). The SMILES string of the molecule is CN(C)C(=O)NCCNc1cc(C(=O)O)cc(Cl)n1. The number of anilines is 1. The van der Waals surface area contributed by atoms with Crippen molar-refractivity contribution in [3.05, 3.63) is 22.8 Å². The molecule has 104 valence electrons. The van der Waals surface area contributed by atoms with E-state index in [-0.39, 0.29) is 16.7 Å². The van der Waals surface area contributed by atoms with Gasteiger partial charge in [0.1, 0.15) is 11.0 Å². The second kappa shape index (κ2) is 6.79. The van der Waals surface area contributed by atoms with Crippen molar-refractivity contribution in [2.45, 2.75) is 0 Å². The van der Waals surface area contributed by atoms with Gasteiger partial charge in [0.15, 0.2) is 0 Å². The monoisotopic (exact) mass is 286 g/mol. The van der Waals surface area contributed by atoms with Crippen molar-refractivity contribution in [2.75, 3.05) is 32.5 Å². The Kier molecular flexibility index (Phi) is 5.37. The van der Waals surface area contributed by atoms with Crippen LogP contribution in [0.25, 0.3) is 0 Å². The molecule has 0 radical (unpaired) electrons. The maximum atomic E-state index is 11.2. The third-order valence-corrected chi connectivity index (χ3v) is 2.35. The second-order valence-electron chi connectivity index (χ2n) is 3.92. The van der Waals surface area contributed by atoms with E-state index in [0.717, 1.165) is 0 Å². The fourth-order valence-corrected chi connectivity index (χ4v) is 1.44. The van der Waals surface area contributed by atoms with Crippen LogP contribution in [0.15, 0.2) is 12.1 Å². The zero-order valence-electron chi connectivity index (χ0n) is 10.6. The van der Waals surface area contributed by atoms with Crippen molar-refractivity contribution in [3.63, 3.8) is 0 Å². The van der Waals surface area contributed by atoms with E-state index in [1.54, 1.807) is 14.1 Å². The number of pyridine rings is 1. The number of amides is 2. The minimum atomic E-state index is -1.08. The van der Waals surface area contributed by atoms with E-state index in [1.165, 1.54) is 17.0 Å². The van der Waals surface area contributed by atoms with Gasteiger partial charge in [-0.3, -0.25) is 0 Å². The van der Waals surface area contributed by atoms with Crippen molar-refractivity contribution >= 4 is 29.4 Å². The zero-order valence-corrected chi connectivity index (χ0v) is 11.4. The first kappa shape index (κ1) is 15.0. The highest BCUT2D eigenvalue weighted by Crippen LogP contribution is 2.14. The summed E-state index contributed by atoms with van der Waals surface area (Å²) in [7, 11) is 3.28. The summed E-state index contributed by atoms with van der Waals surface area (Å²) in [5.74, 6) is -0.725. The highest BCUT2D eigenvalue weighted by molar-refractivity contribution is 6.29. The summed E-state index contributed by atoms with van der Waals surface area (Å²) in [5.41, 5.74) is 0.0554. The van der Waals surface area contributed by atoms with Crippen LogP contribution >= 0.6 is 11.6 Å². The molecule has 0 bridgehead atoms. The minimum absolute atomic E-state index is 0.0554. The van der Waals surface area contributed by atoms with Gasteiger partial charge in [-0.15, -0.1) is 0 Å². The topological polar surface area (TPSA) is 94.6 Å².